The molecule has 0 aromatic rings. The van der Waals surface area contributed by atoms with Crippen LogP contribution in [0.5, 0.6) is 0 Å². The molecule has 2 aliphatic heterocycles. The Bertz CT molecular complexity index is 372. The lowest BCUT2D eigenvalue weighted by Gasteiger charge is -2.37. The summed E-state index contributed by atoms with van der Waals surface area (Å²) in [4.78, 5) is 9.89. The minimum atomic E-state index is 0.479. The molecule has 5 nitrogen and oxygen atoms in total. The summed E-state index contributed by atoms with van der Waals surface area (Å²) >= 11 is 2.11. The molecular weight excluding hydrogens is 308 g/mol. The molecular formula is C17H34N4OS. The summed E-state index contributed by atoms with van der Waals surface area (Å²) in [5.74, 6) is 3.02. The molecule has 2 atom stereocenters. The van der Waals surface area contributed by atoms with Crippen LogP contribution < -0.4 is 5.32 Å². The molecule has 1 N–H and O–H groups in total. The maximum Gasteiger partial charge on any atom is 0.194 e. The highest BCUT2D eigenvalue weighted by atomic mass is 32.2. The van der Waals surface area contributed by atoms with Crippen LogP contribution >= 0.6 is 11.8 Å². The second-order valence-corrected chi connectivity index (χ2v) is 8.14. The van der Waals surface area contributed by atoms with Crippen LogP contribution in [0.2, 0.25) is 0 Å². The van der Waals surface area contributed by atoms with E-state index in [4.69, 9.17) is 9.73 Å². The van der Waals surface area contributed by atoms with E-state index in [-0.39, 0.29) is 0 Å². The number of nitrogens with one attached hydrogen (secondary N) is 1. The zero-order chi connectivity index (χ0) is 16.7. The van der Waals surface area contributed by atoms with E-state index in [9.17, 15) is 0 Å². The highest BCUT2D eigenvalue weighted by molar-refractivity contribution is 8.00. The monoisotopic (exact) mass is 342 g/mol. The first-order valence-electron chi connectivity index (χ1n) is 9.08. The average Bonchev–Trinajstić information content (AvgIpc) is 2.59. The quantitative estimate of drug-likeness (QED) is 0.609. The molecule has 2 fully saturated rings. The van der Waals surface area contributed by atoms with E-state index in [0.29, 0.717) is 11.3 Å². The van der Waals surface area contributed by atoms with E-state index in [2.05, 4.69) is 54.6 Å². The molecule has 0 aliphatic carbocycles. The first-order chi connectivity index (χ1) is 11.1. The largest absolute Gasteiger partial charge is 0.379 e. The summed E-state index contributed by atoms with van der Waals surface area (Å²) in [7, 11) is 0. The maximum atomic E-state index is 5.44. The predicted molar refractivity (Wildman–Crippen MR) is 100 cm³/mol. The highest BCUT2D eigenvalue weighted by Crippen LogP contribution is 2.24. The van der Waals surface area contributed by atoms with Gasteiger partial charge in [-0.05, 0) is 19.8 Å². The number of hydrogen-bond acceptors (Lipinski definition) is 4. The topological polar surface area (TPSA) is 40.1 Å². The molecule has 2 heterocycles. The average molecular weight is 343 g/mol. The van der Waals surface area contributed by atoms with E-state index >= 15 is 0 Å². The highest BCUT2D eigenvalue weighted by Gasteiger charge is 2.25. The molecule has 23 heavy (non-hydrogen) atoms. The van der Waals surface area contributed by atoms with E-state index in [1.165, 1.54) is 5.75 Å². The molecule has 0 amide bonds. The van der Waals surface area contributed by atoms with Crippen LogP contribution in [0.15, 0.2) is 4.99 Å². The molecule has 2 saturated heterocycles. The van der Waals surface area contributed by atoms with Gasteiger partial charge in [-0.25, -0.2) is 0 Å². The fourth-order valence-electron chi connectivity index (χ4n) is 3.05. The van der Waals surface area contributed by atoms with Crippen LogP contribution in [0, 0.1) is 5.92 Å². The van der Waals surface area contributed by atoms with Crippen molar-refractivity contribution in [1.82, 2.24) is 15.1 Å². The van der Waals surface area contributed by atoms with Gasteiger partial charge in [-0.1, -0.05) is 13.8 Å². The molecule has 0 bridgehead atoms. The van der Waals surface area contributed by atoms with Crippen molar-refractivity contribution in [2.45, 2.75) is 39.0 Å². The molecule has 0 aromatic carbocycles. The van der Waals surface area contributed by atoms with Gasteiger partial charge in [0.15, 0.2) is 5.96 Å². The van der Waals surface area contributed by atoms with Gasteiger partial charge in [-0.2, -0.15) is 11.8 Å². The van der Waals surface area contributed by atoms with Crippen molar-refractivity contribution in [2.75, 3.05) is 58.2 Å². The van der Waals surface area contributed by atoms with Gasteiger partial charge in [0.2, 0.25) is 0 Å². The Morgan fingerprint density at radius 2 is 2.00 bits per heavy atom. The lowest BCUT2D eigenvalue weighted by molar-refractivity contribution is 0.0220. The summed E-state index contributed by atoms with van der Waals surface area (Å²) in [6.45, 7) is 16.9. The lowest BCUT2D eigenvalue weighted by atomic mass is 10.1. The molecule has 2 unspecified atom stereocenters. The molecule has 2 rings (SSSR count). The van der Waals surface area contributed by atoms with Crippen molar-refractivity contribution in [2.24, 2.45) is 10.9 Å². The molecule has 0 aromatic heterocycles. The van der Waals surface area contributed by atoms with Crippen LogP contribution in [0.1, 0.15) is 27.7 Å². The lowest BCUT2D eigenvalue weighted by Crippen LogP contribution is -2.50. The van der Waals surface area contributed by atoms with Crippen LogP contribution in [0.25, 0.3) is 0 Å². The molecule has 134 valence electrons. The van der Waals surface area contributed by atoms with Gasteiger partial charge in [0.05, 0.1) is 19.8 Å². The van der Waals surface area contributed by atoms with Crippen molar-refractivity contribution < 1.29 is 4.74 Å². The van der Waals surface area contributed by atoms with E-state index < -0.39 is 0 Å². The summed E-state index contributed by atoms with van der Waals surface area (Å²) in [6, 6.07) is 0.479. The zero-order valence-corrected chi connectivity index (χ0v) is 16.1. The van der Waals surface area contributed by atoms with E-state index in [1.54, 1.807) is 0 Å². The smallest absolute Gasteiger partial charge is 0.194 e. The molecule has 0 radical (unpaired) electrons. The fraction of sp³-hybridized carbons (Fsp3) is 0.941. The minimum absolute atomic E-state index is 0.479. The first kappa shape index (κ1) is 18.9. The number of guanidine groups is 1. The number of nitrogens with zero attached hydrogens (tertiary/aromatic N) is 3. The number of aliphatic imine (C=N–C) groups is 1. The van der Waals surface area contributed by atoms with Crippen LogP contribution in [0.4, 0.5) is 0 Å². The minimum Gasteiger partial charge on any atom is -0.379 e. The van der Waals surface area contributed by atoms with Crippen LogP contribution in [-0.2, 0) is 4.74 Å². The number of hydrogen-bond donors (Lipinski definition) is 1. The van der Waals surface area contributed by atoms with Crippen LogP contribution in [0.3, 0.4) is 0 Å². The normalized spacial score (nSPS) is 25.7. The first-order valence-corrected chi connectivity index (χ1v) is 10.1. The standard InChI is InChI=1S/C17H34N4OS/c1-5-18-17(21-8-11-23-16(13-21)14(2)3)19-12-15(4)20-6-9-22-10-7-20/h14-16H,5-13H2,1-4H3,(H,18,19). The third kappa shape index (κ3) is 5.84. The predicted octanol–water partition coefficient (Wildman–Crippen LogP) is 1.75. The fourth-order valence-corrected chi connectivity index (χ4v) is 4.35. The molecule has 6 heteroatoms. The van der Waals surface area contributed by atoms with Crippen molar-refractivity contribution in [3.63, 3.8) is 0 Å². The van der Waals surface area contributed by atoms with Gasteiger partial charge in [0.1, 0.15) is 0 Å². The van der Waals surface area contributed by atoms with Crippen LogP contribution in [-0.4, -0.2) is 85.3 Å². The maximum absolute atomic E-state index is 5.44. The number of thioether (sulfide) groups is 1. The van der Waals surface area contributed by atoms with Gasteiger partial charge in [0, 0.05) is 49.8 Å². The number of rotatable bonds is 5. The van der Waals surface area contributed by atoms with Crippen molar-refractivity contribution in [3.05, 3.63) is 0 Å². The summed E-state index contributed by atoms with van der Waals surface area (Å²) in [5, 5.41) is 4.21. The van der Waals surface area contributed by atoms with Gasteiger partial charge in [0.25, 0.3) is 0 Å². The third-order valence-electron chi connectivity index (χ3n) is 4.65. The second-order valence-electron chi connectivity index (χ2n) is 6.79. The summed E-state index contributed by atoms with van der Waals surface area (Å²) in [5.41, 5.74) is 0. The number of ether oxygens (including phenoxy) is 1. The van der Waals surface area contributed by atoms with E-state index in [0.717, 1.165) is 64.4 Å². The summed E-state index contributed by atoms with van der Waals surface area (Å²) in [6.07, 6.45) is 0. The van der Waals surface area contributed by atoms with Crippen molar-refractivity contribution in [1.29, 1.82) is 0 Å². The van der Waals surface area contributed by atoms with Crippen molar-refractivity contribution in [3.8, 4) is 0 Å². The Morgan fingerprint density at radius 1 is 1.26 bits per heavy atom. The second kappa shape index (κ2) is 9.74. The van der Waals surface area contributed by atoms with Gasteiger partial charge in [-0.3, -0.25) is 9.89 Å². The zero-order valence-electron chi connectivity index (χ0n) is 15.3. The van der Waals surface area contributed by atoms with Gasteiger partial charge >= 0.3 is 0 Å². The Balaban J connectivity index is 1.93. The SMILES string of the molecule is CCNC(=NCC(C)N1CCOCC1)N1CCSC(C(C)C)C1. The molecule has 0 spiro atoms. The van der Waals surface area contributed by atoms with Crippen molar-refractivity contribution >= 4 is 17.7 Å². The Morgan fingerprint density at radius 3 is 2.65 bits per heavy atom. The number of morpholine rings is 1. The summed E-state index contributed by atoms with van der Waals surface area (Å²) < 4.78 is 5.44. The molecule has 2 aliphatic rings. The van der Waals surface area contributed by atoms with Gasteiger partial charge in [-0.15, -0.1) is 0 Å². The third-order valence-corrected chi connectivity index (χ3v) is 6.19. The molecule has 0 saturated carbocycles. The Hall–Kier alpha value is -0.460. The van der Waals surface area contributed by atoms with Gasteiger partial charge < -0.3 is 15.0 Å². The van der Waals surface area contributed by atoms with E-state index in [1.807, 2.05) is 0 Å². The Kier molecular flexibility index (Phi) is 7.99. The Labute approximate surface area is 146 Å².